The topological polar surface area (TPSA) is 119 Å². The van der Waals surface area contributed by atoms with Crippen molar-refractivity contribution >= 4 is 17.5 Å². The van der Waals surface area contributed by atoms with Gasteiger partial charge in [-0.2, -0.15) is 0 Å². The van der Waals surface area contributed by atoms with Crippen LogP contribution in [0.15, 0.2) is 48.9 Å². The highest BCUT2D eigenvalue weighted by molar-refractivity contribution is 6.04. The van der Waals surface area contributed by atoms with Crippen LogP contribution in [0.5, 0.6) is 0 Å². The lowest BCUT2D eigenvalue weighted by Gasteiger charge is -2.20. The van der Waals surface area contributed by atoms with E-state index in [0.29, 0.717) is 24.3 Å². The highest BCUT2D eigenvalue weighted by Crippen LogP contribution is 2.23. The molecular weight excluding hydrogens is 418 g/mol. The quantitative estimate of drug-likeness (QED) is 0.599. The predicted octanol–water partition coefficient (Wildman–Crippen LogP) is 2.37. The maximum Gasteiger partial charge on any atom is 0.274 e. The van der Waals surface area contributed by atoms with Crippen molar-refractivity contribution in [1.82, 2.24) is 24.6 Å². The first kappa shape index (κ1) is 22.6. The van der Waals surface area contributed by atoms with E-state index < -0.39 is 0 Å². The van der Waals surface area contributed by atoms with Crippen LogP contribution in [0.4, 0.5) is 5.69 Å². The Morgan fingerprint density at radius 1 is 1.27 bits per heavy atom. The Morgan fingerprint density at radius 3 is 2.79 bits per heavy atom. The van der Waals surface area contributed by atoms with Crippen molar-refractivity contribution in [1.29, 1.82) is 0 Å². The van der Waals surface area contributed by atoms with Gasteiger partial charge in [0.25, 0.3) is 11.8 Å². The SMILES string of the molecule is C[C@H](Cc1nncn1C)c1cccc(NC(=O)c2cc(C(=O)N3CC[C@](C)(N)C3)ccn2)c1. The number of hydrogen-bond donors (Lipinski definition) is 2. The molecule has 0 saturated carbocycles. The smallest absolute Gasteiger partial charge is 0.274 e. The van der Waals surface area contributed by atoms with Crippen LogP contribution in [-0.4, -0.2) is 55.1 Å². The third kappa shape index (κ3) is 5.25. The molecule has 9 heteroatoms. The number of carbonyl (C=O) groups excluding carboxylic acids is 2. The summed E-state index contributed by atoms with van der Waals surface area (Å²) in [5.41, 5.74) is 8.13. The molecule has 1 aromatic carbocycles. The van der Waals surface area contributed by atoms with Gasteiger partial charge in [-0.1, -0.05) is 19.1 Å². The maximum atomic E-state index is 12.9. The second kappa shape index (κ2) is 9.11. The van der Waals surface area contributed by atoms with E-state index in [-0.39, 0.29) is 29.0 Å². The molecule has 1 aliphatic rings. The molecule has 1 fully saturated rings. The third-order valence-electron chi connectivity index (χ3n) is 6.04. The molecule has 2 atom stereocenters. The number of rotatable bonds is 6. The molecule has 0 aliphatic carbocycles. The molecule has 2 amide bonds. The molecule has 3 N–H and O–H groups in total. The number of nitrogens with one attached hydrogen (secondary N) is 1. The molecule has 2 aromatic heterocycles. The number of amides is 2. The fraction of sp³-hybridized carbons (Fsp3) is 0.375. The molecule has 33 heavy (non-hydrogen) atoms. The first-order chi connectivity index (χ1) is 15.7. The van der Waals surface area contributed by atoms with Gasteiger partial charge >= 0.3 is 0 Å². The van der Waals surface area contributed by atoms with Crippen LogP contribution in [0.1, 0.15) is 58.4 Å². The zero-order chi connectivity index (χ0) is 23.6. The van der Waals surface area contributed by atoms with Crippen LogP contribution in [0, 0.1) is 0 Å². The van der Waals surface area contributed by atoms with E-state index in [1.54, 1.807) is 17.3 Å². The summed E-state index contributed by atoms with van der Waals surface area (Å²) in [5, 5.41) is 11.0. The van der Waals surface area contributed by atoms with E-state index in [4.69, 9.17) is 5.73 Å². The van der Waals surface area contributed by atoms with Crippen LogP contribution in [0.25, 0.3) is 0 Å². The minimum Gasteiger partial charge on any atom is -0.337 e. The highest BCUT2D eigenvalue weighted by Gasteiger charge is 2.33. The van der Waals surface area contributed by atoms with Crippen LogP contribution in [-0.2, 0) is 13.5 Å². The maximum absolute atomic E-state index is 12.9. The summed E-state index contributed by atoms with van der Waals surface area (Å²) < 4.78 is 1.90. The van der Waals surface area contributed by atoms with Crippen molar-refractivity contribution in [2.45, 2.75) is 38.1 Å². The summed E-state index contributed by atoms with van der Waals surface area (Å²) in [6.07, 6.45) is 4.66. The molecule has 0 spiro atoms. The minimum atomic E-state index is -0.377. The van der Waals surface area contributed by atoms with Crippen LogP contribution in [0.3, 0.4) is 0 Å². The lowest BCUT2D eigenvalue weighted by Crippen LogP contribution is -2.40. The van der Waals surface area contributed by atoms with Crippen LogP contribution in [0.2, 0.25) is 0 Å². The molecule has 0 radical (unpaired) electrons. The van der Waals surface area contributed by atoms with E-state index in [0.717, 1.165) is 24.2 Å². The Bertz CT molecular complexity index is 1170. The second-order valence-corrected chi connectivity index (χ2v) is 9.10. The number of anilines is 1. The summed E-state index contributed by atoms with van der Waals surface area (Å²) in [6, 6.07) is 10.9. The Hall–Kier alpha value is -3.59. The third-order valence-corrected chi connectivity index (χ3v) is 6.04. The van der Waals surface area contributed by atoms with Gasteiger partial charge in [-0.25, -0.2) is 0 Å². The van der Waals surface area contributed by atoms with Gasteiger partial charge in [-0.3, -0.25) is 14.6 Å². The number of hydrogen-bond acceptors (Lipinski definition) is 6. The van der Waals surface area contributed by atoms with E-state index >= 15 is 0 Å². The van der Waals surface area contributed by atoms with Crippen molar-refractivity contribution < 1.29 is 9.59 Å². The highest BCUT2D eigenvalue weighted by atomic mass is 16.2. The number of likely N-dealkylation sites (tertiary alicyclic amines) is 1. The number of nitrogens with two attached hydrogens (primary N) is 1. The summed E-state index contributed by atoms with van der Waals surface area (Å²) >= 11 is 0. The first-order valence-corrected chi connectivity index (χ1v) is 11.0. The predicted molar refractivity (Wildman–Crippen MR) is 125 cm³/mol. The van der Waals surface area contributed by atoms with Crippen molar-refractivity contribution in [3.05, 3.63) is 71.6 Å². The molecule has 3 heterocycles. The van der Waals surface area contributed by atoms with Crippen molar-refractivity contribution in [3.8, 4) is 0 Å². The molecule has 1 saturated heterocycles. The summed E-state index contributed by atoms with van der Waals surface area (Å²) in [5.74, 6) is 0.584. The van der Waals surface area contributed by atoms with Gasteiger partial charge in [0.2, 0.25) is 0 Å². The van der Waals surface area contributed by atoms with E-state index in [1.807, 2.05) is 42.8 Å². The summed E-state index contributed by atoms with van der Waals surface area (Å²) in [4.78, 5) is 31.6. The fourth-order valence-electron chi connectivity index (χ4n) is 4.03. The molecule has 9 nitrogen and oxygen atoms in total. The molecule has 0 unspecified atom stereocenters. The molecule has 0 bridgehead atoms. The van der Waals surface area contributed by atoms with Gasteiger partial charge < -0.3 is 20.5 Å². The normalized spacial score (nSPS) is 18.8. The number of nitrogens with zero attached hydrogens (tertiary/aromatic N) is 5. The molecule has 1 aliphatic heterocycles. The van der Waals surface area contributed by atoms with Crippen LogP contribution < -0.4 is 11.1 Å². The standard InChI is InChI=1S/C24H29N7O2/c1-16(11-21-29-27-15-30(21)3)17-5-4-6-19(12-17)28-22(32)20-13-18(7-9-26-20)23(33)31-10-8-24(2,25)14-31/h4-7,9,12-13,15-16H,8,10-11,14,25H2,1-3H3,(H,28,32)/t16-,24+/m1/s1. The first-order valence-electron chi connectivity index (χ1n) is 11.0. The summed E-state index contributed by atoms with van der Waals surface area (Å²) in [6.45, 7) is 5.15. The van der Waals surface area contributed by atoms with Crippen molar-refractivity contribution in [2.24, 2.45) is 12.8 Å². The van der Waals surface area contributed by atoms with E-state index in [2.05, 4.69) is 27.4 Å². The number of carbonyl (C=O) groups is 2. The van der Waals surface area contributed by atoms with Crippen molar-refractivity contribution in [2.75, 3.05) is 18.4 Å². The number of aryl methyl sites for hydroxylation is 1. The second-order valence-electron chi connectivity index (χ2n) is 9.10. The molecular formula is C24H29N7O2. The largest absolute Gasteiger partial charge is 0.337 e. The minimum absolute atomic E-state index is 0.139. The lowest BCUT2D eigenvalue weighted by atomic mass is 9.97. The molecule has 4 rings (SSSR count). The Kier molecular flexibility index (Phi) is 6.24. The van der Waals surface area contributed by atoms with E-state index in [9.17, 15) is 9.59 Å². The zero-order valence-corrected chi connectivity index (χ0v) is 19.2. The number of benzene rings is 1. The Balaban J connectivity index is 1.44. The van der Waals surface area contributed by atoms with Crippen molar-refractivity contribution in [3.63, 3.8) is 0 Å². The van der Waals surface area contributed by atoms with Gasteiger partial charge in [-0.15, -0.1) is 10.2 Å². The summed E-state index contributed by atoms with van der Waals surface area (Å²) in [7, 11) is 1.92. The number of aromatic nitrogens is 4. The number of pyridine rings is 1. The van der Waals surface area contributed by atoms with Crippen LogP contribution >= 0.6 is 0 Å². The van der Waals surface area contributed by atoms with Gasteiger partial charge in [0.15, 0.2) is 0 Å². The average Bonchev–Trinajstić information content (AvgIpc) is 3.37. The lowest BCUT2D eigenvalue weighted by molar-refractivity contribution is 0.0785. The molecule has 172 valence electrons. The van der Waals surface area contributed by atoms with E-state index in [1.165, 1.54) is 12.3 Å². The average molecular weight is 448 g/mol. The van der Waals surface area contributed by atoms with Gasteiger partial charge in [0.05, 0.1) is 0 Å². The van der Waals surface area contributed by atoms with Gasteiger partial charge in [0, 0.05) is 49.5 Å². The monoisotopic (exact) mass is 447 g/mol. The Labute approximate surface area is 193 Å². The zero-order valence-electron chi connectivity index (χ0n) is 19.2. The fourth-order valence-corrected chi connectivity index (χ4v) is 4.03. The molecule has 3 aromatic rings. The van der Waals surface area contributed by atoms with Gasteiger partial charge in [-0.05, 0) is 49.1 Å². The Morgan fingerprint density at radius 2 is 2.09 bits per heavy atom. The van der Waals surface area contributed by atoms with Gasteiger partial charge in [0.1, 0.15) is 17.8 Å².